The van der Waals surface area contributed by atoms with Crippen LogP contribution in [0.3, 0.4) is 0 Å². The Morgan fingerprint density at radius 3 is 2.64 bits per heavy atom. The zero-order chi connectivity index (χ0) is 15.5. The van der Waals surface area contributed by atoms with Crippen molar-refractivity contribution in [2.24, 2.45) is 0 Å². The highest BCUT2D eigenvalue weighted by molar-refractivity contribution is 5.77. The van der Waals surface area contributed by atoms with Crippen LogP contribution in [0, 0.1) is 5.82 Å². The number of benzene rings is 2. The molecule has 0 saturated carbocycles. The van der Waals surface area contributed by atoms with Gasteiger partial charge in [-0.3, -0.25) is 0 Å². The summed E-state index contributed by atoms with van der Waals surface area (Å²) in [7, 11) is 0. The van der Waals surface area contributed by atoms with Crippen molar-refractivity contribution in [2.45, 2.75) is 19.1 Å². The maximum absolute atomic E-state index is 13.6. The molecule has 0 aliphatic rings. The summed E-state index contributed by atoms with van der Waals surface area (Å²) in [5, 5.41) is 14.3. The lowest BCUT2D eigenvalue weighted by molar-refractivity contribution is 0.165. The van der Waals surface area contributed by atoms with Gasteiger partial charge < -0.3 is 14.8 Å². The number of hydrogen-bond donors (Lipinski definition) is 2. The predicted octanol–water partition coefficient (Wildman–Crippen LogP) is 3.96. The van der Waals surface area contributed by atoms with Gasteiger partial charge in [0.05, 0.1) is 12.1 Å². The van der Waals surface area contributed by atoms with E-state index in [9.17, 15) is 9.50 Å². The molecule has 0 bridgehead atoms. The Morgan fingerprint density at radius 2 is 1.86 bits per heavy atom. The first-order valence-corrected chi connectivity index (χ1v) is 7.29. The lowest BCUT2D eigenvalue weighted by atomic mass is 10.1. The van der Waals surface area contributed by atoms with Crippen LogP contribution < -0.4 is 5.32 Å². The summed E-state index contributed by atoms with van der Waals surface area (Å²) in [6.45, 7) is 2.20. The van der Waals surface area contributed by atoms with Crippen LogP contribution >= 0.6 is 0 Å². The summed E-state index contributed by atoms with van der Waals surface area (Å²) in [6.07, 6.45) is -0.895. The molecule has 1 aromatic heterocycles. The van der Waals surface area contributed by atoms with Gasteiger partial charge in [0.25, 0.3) is 0 Å². The normalized spacial score (nSPS) is 14.1. The van der Waals surface area contributed by atoms with E-state index in [0.29, 0.717) is 5.56 Å². The lowest BCUT2D eigenvalue weighted by Gasteiger charge is -2.16. The summed E-state index contributed by atoms with van der Waals surface area (Å²) in [5.41, 5.74) is 1.13. The minimum absolute atomic E-state index is 0.0752. The molecule has 1 heterocycles. The monoisotopic (exact) mass is 299 g/mol. The number of hydrogen-bond acceptors (Lipinski definition) is 3. The zero-order valence-electron chi connectivity index (χ0n) is 12.3. The van der Waals surface area contributed by atoms with Gasteiger partial charge in [-0.1, -0.05) is 36.4 Å². The van der Waals surface area contributed by atoms with Crippen molar-refractivity contribution in [1.82, 2.24) is 5.32 Å². The summed E-state index contributed by atoms with van der Waals surface area (Å²) >= 11 is 0. The minimum atomic E-state index is -0.895. The van der Waals surface area contributed by atoms with E-state index in [0.717, 1.165) is 16.7 Å². The molecule has 0 aliphatic heterocycles. The number of nitrogens with one attached hydrogen (secondary N) is 1. The molecule has 2 aromatic carbocycles. The van der Waals surface area contributed by atoms with Gasteiger partial charge in [0, 0.05) is 17.5 Å². The van der Waals surface area contributed by atoms with Gasteiger partial charge in [0.1, 0.15) is 17.2 Å². The van der Waals surface area contributed by atoms with E-state index in [2.05, 4.69) is 5.32 Å². The minimum Gasteiger partial charge on any atom is -0.459 e. The van der Waals surface area contributed by atoms with Gasteiger partial charge in [0.2, 0.25) is 0 Å². The van der Waals surface area contributed by atoms with E-state index < -0.39 is 11.9 Å². The third-order valence-electron chi connectivity index (χ3n) is 3.75. The molecule has 3 rings (SSSR count). The summed E-state index contributed by atoms with van der Waals surface area (Å²) in [4.78, 5) is 0. The molecule has 0 saturated heterocycles. The molecule has 22 heavy (non-hydrogen) atoms. The Morgan fingerprint density at radius 1 is 1.14 bits per heavy atom. The first kappa shape index (κ1) is 14.8. The van der Waals surface area contributed by atoms with Crippen LogP contribution in [0.5, 0.6) is 0 Å². The van der Waals surface area contributed by atoms with Gasteiger partial charge in [0.15, 0.2) is 0 Å². The van der Waals surface area contributed by atoms with Crippen molar-refractivity contribution in [3.05, 3.63) is 71.7 Å². The Labute approximate surface area is 128 Å². The van der Waals surface area contributed by atoms with Crippen molar-refractivity contribution in [1.29, 1.82) is 0 Å². The van der Waals surface area contributed by atoms with Crippen LogP contribution in [-0.2, 0) is 0 Å². The first-order valence-electron chi connectivity index (χ1n) is 7.29. The summed E-state index contributed by atoms with van der Waals surface area (Å²) in [6, 6.07) is 16.0. The Balaban J connectivity index is 1.67. The maximum Gasteiger partial charge on any atom is 0.134 e. The van der Waals surface area contributed by atoms with Crippen LogP contribution in [0.2, 0.25) is 0 Å². The van der Waals surface area contributed by atoms with Crippen molar-refractivity contribution >= 4 is 11.0 Å². The average Bonchev–Trinajstić information content (AvgIpc) is 2.97. The topological polar surface area (TPSA) is 45.4 Å². The van der Waals surface area contributed by atoms with Gasteiger partial charge in [-0.25, -0.2) is 4.39 Å². The third-order valence-corrected chi connectivity index (χ3v) is 3.75. The second kappa shape index (κ2) is 6.30. The van der Waals surface area contributed by atoms with Crippen LogP contribution in [-0.4, -0.2) is 11.7 Å². The van der Waals surface area contributed by atoms with Crippen LogP contribution in [0.1, 0.15) is 30.4 Å². The third kappa shape index (κ3) is 3.03. The highest BCUT2D eigenvalue weighted by Gasteiger charge is 2.16. The molecule has 2 unspecified atom stereocenters. The smallest absolute Gasteiger partial charge is 0.134 e. The SMILES string of the molecule is CC(NCC(O)c1ccccc1F)c1cc2ccccc2o1. The molecule has 0 spiro atoms. The standard InChI is InChI=1S/C18H18FNO2/c1-12(18-10-13-6-2-5-9-17(13)22-18)20-11-16(21)14-7-3-4-8-15(14)19/h2-10,12,16,20-21H,11H2,1H3. The molecule has 2 atom stereocenters. The quantitative estimate of drug-likeness (QED) is 0.749. The van der Waals surface area contributed by atoms with Crippen LogP contribution in [0.15, 0.2) is 59.0 Å². The molecule has 0 amide bonds. The maximum atomic E-state index is 13.6. The van der Waals surface area contributed by atoms with E-state index in [1.165, 1.54) is 6.07 Å². The second-order valence-electron chi connectivity index (χ2n) is 5.35. The molecule has 3 nitrogen and oxygen atoms in total. The molecule has 114 valence electrons. The van der Waals surface area contributed by atoms with Crippen molar-refractivity contribution in [2.75, 3.05) is 6.54 Å². The molecule has 0 radical (unpaired) electrons. The van der Waals surface area contributed by atoms with Gasteiger partial charge in [-0.2, -0.15) is 0 Å². The Bertz CT molecular complexity index is 735. The first-order chi connectivity index (χ1) is 10.6. The van der Waals surface area contributed by atoms with Crippen molar-refractivity contribution in [3.8, 4) is 0 Å². The number of fused-ring (bicyclic) bond motifs is 1. The van der Waals surface area contributed by atoms with Gasteiger partial charge >= 0.3 is 0 Å². The van der Waals surface area contributed by atoms with Crippen molar-refractivity contribution < 1.29 is 13.9 Å². The van der Waals surface area contributed by atoms with E-state index in [4.69, 9.17) is 4.42 Å². The summed E-state index contributed by atoms with van der Waals surface area (Å²) < 4.78 is 19.4. The fourth-order valence-electron chi connectivity index (χ4n) is 2.46. The van der Waals surface area contributed by atoms with E-state index >= 15 is 0 Å². The van der Waals surface area contributed by atoms with Gasteiger partial charge in [-0.15, -0.1) is 0 Å². The predicted molar refractivity (Wildman–Crippen MR) is 84.0 cm³/mol. The fraction of sp³-hybridized carbons (Fsp3) is 0.222. The van der Waals surface area contributed by atoms with E-state index in [1.54, 1.807) is 18.2 Å². The molecule has 2 N–H and O–H groups in total. The Hall–Kier alpha value is -2.17. The molecule has 0 fully saturated rings. The number of furan rings is 1. The van der Waals surface area contributed by atoms with Crippen LogP contribution in [0.25, 0.3) is 11.0 Å². The average molecular weight is 299 g/mol. The highest BCUT2D eigenvalue weighted by atomic mass is 19.1. The molecule has 4 heteroatoms. The largest absolute Gasteiger partial charge is 0.459 e. The summed E-state index contributed by atoms with van der Waals surface area (Å²) in [5.74, 6) is 0.398. The van der Waals surface area contributed by atoms with E-state index in [-0.39, 0.29) is 12.6 Å². The lowest BCUT2D eigenvalue weighted by Crippen LogP contribution is -2.24. The zero-order valence-corrected chi connectivity index (χ0v) is 12.3. The number of para-hydroxylation sites is 1. The molecule has 0 aliphatic carbocycles. The molecule has 3 aromatic rings. The van der Waals surface area contributed by atoms with Crippen molar-refractivity contribution in [3.63, 3.8) is 0 Å². The van der Waals surface area contributed by atoms with E-state index in [1.807, 2.05) is 37.3 Å². The Kier molecular flexibility index (Phi) is 4.22. The number of aliphatic hydroxyl groups is 1. The molecular weight excluding hydrogens is 281 g/mol. The number of aliphatic hydroxyl groups excluding tert-OH is 1. The number of halogens is 1. The fourth-order valence-corrected chi connectivity index (χ4v) is 2.46. The highest BCUT2D eigenvalue weighted by Crippen LogP contribution is 2.24. The van der Waals surface area contributed by atoms with Crippen LogP contribution in [0.4, 0.5) is 4.39 Å². The number of rotatable bonds is 5. The van der Waals surface area contributed by atoms with Gasteiger partial charge in [-0.05, 0) is 25.1 Å². The second-order valence-corrected chi connectivity index (χ2v) is 5.35. The molecular formula is C18H18FNO2.